The van der Waals surface area contributed by atoms with Crippen molar-refractivity contribution in [2.75, 3.05) is 25.3 Å². The molecule has 0 amide bonds. The highest BCUT2D eigenvalue weighted by Crippen LogP contribution is 2.38. The van der Waals surface area contributed by atoms with Crippen LogP contribution in [0.5, 0.6) is 11.5 Å². The van der Waals surface area contributed by atoms with Crippen LogP contribution in [0, 0.1) is 0 Å². The Hall–Kier alpha value is -2.50. The maximum atomic E-state index is 10.8. The Balaban J connectivity index is 2.12. The zero-order valence-electron chi connectivity index (χ0n) is 10.3. The van der Waals surface area contributed by atoms with Gasteiger partial charge in [-0.2, -0.15) is 0 Å². The number of likely N-dealkylation sites (N-methyl/N-ethyl adjacent to an activating group) is 1. The summed E-state index contributed by atoms with van der Waals surface area (Å²) in [5.74, 6) is 1.07. The van der Waals surface area contributed by atoms with Gasteiger partial charge in [0.05, 0.1) is 0 Å². The Labute approximate surface area is 109 Å². The van der Waals surface area contributed by atoms with E-state index >= 15 is 0 Å². The monoisotopic (exact) mass is 260 g/mol. The Morgan fingerprint density at radius 1 is 1.42 bits per heavy atom. The normalized spacial score (nSPS) is 12.7. The highest BCUT2D eigenvalue weighted by atomic mass is 16.7. The van der Waals surface area contributed by atoms with Crippen molar-refractivity contribution in [2.45, 2.75) is 0 Å². The first-order chi connectivity index (χ1) is 9.15. The van der Waals surface area contributed by atoms with Gasteiger partial charge in [-0.1, -0.05) is 0 Å². The van der Waals surface area contributed by atoms with E-state index in [2.05, 4.69) is 4.98 Å². The zero-order valence-corrected chi connectivity index (χ0v) is 10.3. The van der Waals surface area contributed by atoms with E-state index in [0.717, 1.165) is 10.8 Å². The number of aliphatic carboxylic acids is 1. The number of hydrogen-bond donors (Lipinski definition) is 1. The predicted octanol–water partition coefficient (Wildman–Crippen LogP) is 1.48. The van der Waals surface area contributed by atoms with E-state index in [1.54, 1.807) is 18.1 Å². The third-order valence-electron chi connectivity index (χ3n) is 2.97. The number of anilines is 1. The number of aromatic nitrogens is 1. The summed E-state index contributed by atoms with van der Waals surface area (Å²) in [6.45, 7) is 0.0972. The lowest BCUT2D eigenvalue weighted by molar-refractivity contribution is -0.135. The van der Waals surface area contributed by atoms with Crippen molar-refractivity contribution in [2.24, 2.45) is 0 Å². The number of pyridine rings is 1. The maximum Gasteiger partial charge on any atom is 0.323 e. The topological polar surface area (TPSA) is 71.9 Å². The maximum absolute atomic E-state index is 10.8. The molecule has 1 aliphatic heterocycles. The third kappa shape index (κ3) is 2.01. The second kappa shape index (κ2) is 4.31. The molecule has 1 aromatic carbocycles. The molecule has 0 unspecified atom stereocenters. The fraction of sp³-hybridized carbons (Fsp3) is 0.231. The fourth-order valence-electron chi connectivity index (χ4n) is 2.13. The summed E-state index contributed by atoms with van der Waals surface area (Å²) < 4.78 is 10.7. The summed E-state index contributed by atoms with van der Waals surface area (Å²) in [4.78, 5) is 16.6. The van der Waals surface area contributed by atoms with Crippen molar-refractivity contribution in [3.8, 4) is 11.5 Å². The van der Waals surface area contributed by atoms with Crippen LogP contribution in [0.15, 0.2) is 24.4 Å². The molecule has 3 rings (SSSR count). The zero-order chi connectivity index (χ0) is 13.4. The molecule has 0 aliphatic carbocycles. The van der Waals surface area contributed by atoms with Crippen LogP contribution >= 0.6 is 0 Å². The number of nitrogens with zero attached hydrogens (tertiary/aromatic N) is 2. The van der Waals surface area contributed by atoms with Gasteiger partial charge in [-0.15, -0.1) is 0 Å². The first kappa shape index (κ1) is 11.6. The molecule has 98 valence electrons. The van der Waals surface area contributed by atoms with Crippen LogP contribution in [0.2, 0.25) is 0 Å². The van der Waals surface area contributed by atoms with Gasteiger partial charge in [0.1, 0.15) is 12.4 Å². The second-order valence-corrected chi connectivity index (χ2v) is 4.31. The van der Waals surface area contributed by atoms with Gasteiger partial charge in [0.2, 0.25) is 6.79 Å². The van der Waals surface area contributed by atoms with Gasteiger partial charge in [-0.05, 0) is 23.6 Å². The lowest BCUT2D eigenvalue weighted by Crippen LogP contribution is -2.26. The number of benzene rings is 1. The standard InChI is InChI=1S/C13H12N2O4/c1-15(6-12(16)17)13-9-5-11-10(18-7-19-11)4-8(9)2-3-14-13/h2-5H,6-7H2,1H3,(H,16,17). The van der Waals surface area contributed by atoms with Gasteiger partial charge in [0.25, 0.3) is 0 Å². The summed E-state index contributed by atoms with van der Waals surface area (Å²) in [7, 11) is 1.69. The van der Waals surface area contributed by atoms with Gasteiger partial charge in [0, 0.05) is 18.6 Å². The van der Waals surface area contributed by atoms with Crippen LogP contribution in [-0.2, 0) is 4.79 Å². The third-order valence-corrected chi connectivity index (χ3v) is 2.97. The molecule has 0 radical (unpaired) electrons. The number of carboxylic acid groups (broad SMARTS) is 1. The summed E-state index contributed by atoms with van der Waals surface area (Å²) in [6, 6.07) is 5.56. The van der Waals surface area contributed by atoms with Gasteiger partial charge < -0.3 is 19.5 Å². The SMILES string of the molecule is CN(CC(=O)O)c1nccc2cc3c(cc12)OCO3. The molecule has 0 atom stereocenters. The van der Waals surface area contributed by atoms with Crippen molar-refractivity contribution >= 4 is 22.6 Å². The quantitative estimate of drug-likeness (QED) is 0.901. The number of carbonyl (C=O) groups is 1. The molecule has 2 heterocycles. The molecule has 1 N–H and O–H groups in total. The van der Waals surface area contributed by atoms with Crippen molar-refractivity contribution in [3.05, 3.63) is 24.4 Å². The number of rotatable bonds is 3. The summed E-state index contributed by atoms with van der Waals surface area (Å²) in [5.41, 5.74) is 0. The highest BCUT2D eigenvalue weighted by molar-refractivity contribution is 5.95. The molecule has 0 spiro atoms. The second-order valence-electron chi connectivity index (χ2n) is 4.31. The van der Waals surface area contributed by atoms with E-state index in [1.165, 1.54) is 0 Å². The average molecular weight is 260 g/mol. The fourth-order valence-corrected chi connectivity index (χ4v) is 2.13. The molecule has 1 aliphatic rings. The predicted molar refractivity (Wildman–Crippen MR) is 68.8 cm³/mol. The van der Waals surface area contributed by atoms with E-state index in [0.29, 0.717) is 17.3 Å². The summed E-state index contributed by atoms with van der Waals surface area (Å²) in [6.07, 6.45) is 1.65. The Morgan fingerprint density at radius 2 is 2.16 bits per heavy atom. The lowest BCUT2D eigenvalue weighted by Gasteiger charge is -2.17. The van der Waals surface area contributed by atoms with Crippen molar-refractivity contribution in [1.29, 1.82) is 0 Å². The first-order valence-corrected chi connectivity index (χ1v) is 5.76. The minimum atomic E-state index is -0.901. The number of ether oxygens (including phenoxy) is 2. The Morgan fingerprint density at radius 3 is 2.89 bits per heavy atom. The Kier molecular flexibility index (Phi) is 2.63. The molecule has 0 saturated heterocycles. The first-order valence-electron chi connectivity index (χ1n) is 5.76. The highest BCUT2D eigenvalue weighted by Gasteiger charge is 2.17. The van der Waals surface area contributed by atoms with Crippen LogP contribution in [0.1, 0.15) is 0 Å². The van der Waals surface area contributed by atoms with Crippen LogP contribution in [-0.4, -0.2) is 36.4 Å². The molecule has 1 aromatic heterocycles. The average Bonchev–Trinajstić information content (AvgIpc) is 2.81. The Bertz CT molecular complexity index is 656. The van der Waals surface area contributed by atoms with E-state index in [4.69, 9.17) is 14.6 Å². The van der Waals surface area contributed by atoms with E-state index in [1.807, 2.05) is 18.2 Å². The van der Waals surface area contributed by atoms with Gasteiger partial charge in [0.15, 0.2) is 11.5 Å². The van der Waals surface area contributed by atoms with Crippen molar-refractivity contribution in [3.63, 3.8) is 0 Å². The van der Waals surface area contributed by atoms with Crippen LogP contribution in [0.4, 0.5) is 5.82 Å². The molecule has 19 heavy (non-hydrogen) atoms. The minimum Gasteiger partial charge on any atom is -0.480 e. The van der Waals surface area contributed by atoms with E-state index in [9.17, 15) is 4.79 Å². The van der Waals surface area contributed by atoms with Gasteiger partial charge >= 0.3 is 5.97 Å². The molecular weight excluding hydrogens is 248 g/mol. The summed E-state index contributed by atoms with van der Waals surface area (Å²) >= 11 is 0. The molecule has 6 heteroatoms. The van der Waals surface area contributed by atoms with Gasteiger partial charge in [-0.25, -0.2) is 4.98 Å². The minimum absolute atomic E-state index is 0.111. The number of fused-ring (bicyclic) bond motifs is 2. The molecule has 6 nitrogen and oxygen atoms in total. The number of carboxylic acids is 1. The van der Waals surface area contributed by atoms with Gasteiger partial charge in [-0.3, -0.25) is 4.79 Å². The summed E-state index contributed by atoms with van der Waals surface area (Å²) in [5, 5.41) is 10.6. The molecule has 0 saturated carbocycles. The van der Waals surface area contributed by atoms with Crippen molar-refractivity contribution < 1.29 is 19.4 Å². The van der Waals surface area contributed by atoms with Crippen LogP contribution in [0.25, 0.3) is 10.8 Å². The number of hydrogen-bond acceptors (Lipinski definition) is 5. The molecule has 0 bridgehead atoms. The smallest absolute Gasteiger partial charge is 0.323 e. The largest absolute Gasteiger partial charge is 0.480 e. The van der Waals surface area contributed by atoms with E-state index < -0.39 is 5.97 Å². The molecular formula is C13H12N2O4. The van der Waals surface area contributed by atoms with E-state index in [-0.39, 0.29) is 13.3 Å². The van der Waals surface area contributed by atoms with Crippen LogP contribution < -0.4 is 14.4 Å². The molecule has 2 aromatic rings. The lowest BCUT2D eigenvalue weighted by atomic mass is 10.1. The van der Waals surface area contributed by atoms with Crippen molar-refractivity contribution in [1.82, 2.24) is 4.98 Å². The molecule has 0 fully saturated rings. The van der Waals surface area contributed by atoms with Crippen LogP contribution in [0.3, 0.4) is 0 Å².